The van der Waals surface area contributed by atoms with Gasteiger partial charge in [-0.25, -0.2) is 4.79 Å². The van der Waals surface area contributed by atoms with Gasteiger partial charge < -0.3 is 16.2 Å². The molecule has 0 radical (unpaired) electrons. The van der Waals surface area contributed by atoms with E-state index in [4.69, 9.17) is 10.8 Å². The molecule has 1 amide bonds. The SMILES string of the molecule is CC(C)(N)C(=O)Nc1ccc(I)cc1C(=O)O. The van der Waals surface area contributed by atoms with Gasteiger partial charge in [-0.15, -0.1) is 0 Å². The zero-order valence-corrected chi connectivity index (χ0v) is 11.6. The van der Waals surface area contributed by atoms with Crippen molar-refractivity contribution in [2.45, 2.75) is 19.4 Å². The van der Waals surface area contributed by atoms with E-state index in [9.17, 15) is 9.59 Å². The Hall–Kier alpha value is -1.15. The number of hydrogen-bond donors (Lipinski definition) is 3. The van der Waals surface area contributed by atoms with Gasteiger partial charge in [0.1, 0.15) is 0 Å². The van der Waals surface area contributed by atoms with Crippen LogP contribution in [0.3, 0.4) is 0 Å². The molecule has 0 bridgehead atoms. The van der Waals surface area contributed by atoms with Crippen molar-refractivity contribution < 1.29 is 14.7 Å². The second-order valence-corrected chi connectivity index (χ2v) is 5.42. The van der Waals surface area contributed by atoms with Crippen LogP contribution in [0.1, 0.15) is 24.2 Å². The molecule has 4 N–H and O–H groups in total. The maximum Gasteiger partial charge on any atom is 0.337 e. The number of aromatic carboxylic acids is 1. The van der Waals surface area contributed by atoms with E-state index in [1.54, 1.807) is 26.0 Å². The zero-order valence-electron chi connectivity index (χ0n) is 9.45. The summed E-state index contributed by atoms with van der Waals surface area (Å²) in [5, 5.41) is 11.5. The Morgan fingerprint density at radius 3 is 2.47 bits per heavy atom. The number of amides is 1. The Labute approximate surface area is 113 Å². The number of halogens is 1. The molecule has 0 heterocycles. The highest BCUT2D eigenvalue weighted by Crippen LogP contribution is 2.19. The molecule has 0 saturated heterocycles. The van der Waals surface area contributed by atoms with E-state index in [-0.39, 0.29) is 11.3 Å². The fraction of sp³-hybridized carbons (Fsp3) is 0.273. The normalized spacial score (nSPS) is 11.1. The minimum absolute atomic E-state index is 0.0505. The molecule has 1 rings (SSSR count). The average Bonchev–Trinajstić information content (AvgIpc) is 2.18. The molecule has 17 heavy (non-hydrogen) atoms. The lowest BCUT2D eigenvalue weighted by Gasteiger charge is -2.18. The monoisotopic (exact) mass is 348 g/mol. The van der Waals surface area contributed by atoms with Crippen molar-refractivity contribution in [1.29, 1.82) is 0 Å². The summed E-state index contributed by atoms with van der Waals surface area (Å²) < 4.78 is 0.782. The molecular formula is C11H13IN2O3. The van der Waals surface area contributed by atoms with Crippen molar-refractivity contribution in [1.82, 2.24) is 0 Å². The quantitative estimate of drug-likeness (QED) is 0.725. The third-order valence-electron chi connectivity index (χ3n) is 2.05. The van der Waals surface area contributed by atoms with Crippen LogP contribution in [0.2, 0.25) is 0 Å². The Morgan fingerprint density at radius 2 is 2.00 bits per heavy atom. The maximum absolute atomic E-state index is 11.7. The van der Waals surface area contributed by atoms with Crippen LogP contribution in [0.25, 0.3) is 0 Å². The van der Waals surface area contributed by atoms with Gasteiger partial charge in [0.25, 0.3) is 0 Å². The van der Waals surface area contributed by atoms with Crippen LogP contribution in [0, 0.1) is 3.57 Å². The van der Waals surface area contributed by atoms with Crippen molar-refractivity contribution in [2.75, 3.05) is 5.32 Å². The molecular weight excluding hydrogens is 335 g/mol. The third kappa shape index (κ3) is 3.67. The number of rotatable bonds is 3. The van der Waals surface area contributed by atoms with E-state index in [2.05, 4.69) is 5.32 Å². The molecule has 0 fully saturated rings. The van der Waals surface area contributed by atoms with E-state index in [0.29, 0.717) is 0 Å². The van der Waals surface area contributed by atoms with Crippen LogP contribution in [-0.4, -0.2) is 22.5 Å². The minimum Gasteiger partial charge on any atom is -0.478 e. The molecule has 0 atom stereocenters. The van der Waals surface area contributed by atoms with Gasteiger partial charge >= 0.3 is 5.97 Å². The largest absolute Gasteiger partial charge is 0.478 e. The highest BCUT2D eigenvalue weighted by molar-refractivity contribution is 14.1. The van der Waals surface area contributed by atoms with Crippen LogP contribution in [0.15, 0.2) is 18.2 Å². The lowest BCUT2D eigenvalue weighted by molar-refractivity contribution is -0.120. The highest BCUT2D eigenvalue weighted by Gasteiger charge is 2.23. The number of carboxylic acid groups (broad SMARTS) is 1. The summed E-state index contributed by atoms with van der Waals surface area (Å²) in [5.74, 6) is -1.52. The first-order chi connectivity index (χ1) is 7.71. The molecule has 5 nitrogen and oxygen atoms in total. The number of anilines is 1. The standard InChI is InChI=1S/C11H13IN2O3/c1-11(2,13)10(17)14-8-4-3-6(12)5-7(8)9(15)16/h3-5H,13H2,1-2H3,(H,14,17)(H,15,16). The van der Waals surface area contributed by atoms with Gasteiger partial charge in [0.2, 0.25) is 5.91 Å². The van der Waals surface area contributed by atoms with E-state index in [0.717, 1.165) is 3.57 Å². The molecule has 0 aliphatic rings. The van der Waals surface area contributed by atoms with Crippen molar-refractivity contribution in [2.24, 2.45) is 5.73 Å². The van der Waals surface area contributed by atoms with Crippen molar-refractivity contribution in [3.8, 4) is 0 Å². The molecule has 0 aliphatic carbocycles. The summed E-state index contributed by atoms with van der Waals surface area (Å²) in [7, 11) is 0. The van der Waals surface area contributed by atoms with E-state index >= 15 is 0 Å². The van der Waals surface area contributed by atoms with E-state index < -0.39 is 17.4 Å². The van der Waals surface area contributed by atoms with Crippen molar-refractivity contribution >= 4 is 40.2 Å². The fourth-order valence-electron chi connectivity index (χ4n) is 1.09. The van der Waals surface area contributed by atoms with Gasteiger partial charge in [0, 0.05) is 3.57 Å². The molecule has 0 unspecified atom stereocenters. The number of carbonyl (C=O) groups excluding carboxylic acids is 1. The summed E-state index contributed by atoms with van der Waals surface area (Å²) in [5.41, 5.74) is 4.87. The molecule has 92 valence electrons. The summed E-state index contributed by atoms with van der Waals surface area (Å²) in [6.07, 6.45) is 0. The smallest absolute Gasteiger partial charge is 0.337 e. The summed E-state index contributed by atoms with van der Waals surface area (Å²) in [4.78, 5) is 22.7. The van der Waals surface area contributed by atoms with Gasteiger partial charge in [0.05, 0.1) is 16.8 Å². The van der Waals surface area contributed by atoms with E-state index in [1.165, 1.54) is 6.07 Å². The molecule has 1 aromatic carbocycles. The lowest BCUT2D eigenvalue weighted by Crippen LogP contribution is -2.45. The second kappa shape index (κ2) is 5.01. The molecule has 1 aromatic rings. The first kappa shape index (κ1) is 13.9. The zero-order chi connectivity index (χ0) is 13.2. The minimum atomic E-state index is -1.09. The fourth-order valence-corrected chi connectivity index (χ4v) is 1.58. The number of carbonyl (C=O) groups is 2. The lowest BCUT2D eigenvalue weighted by atomic mass is 10.1. The van der Waals surface area contributed by atoms with Crippen LogP contribution in [-0.2, 0) is 4.79 Å². The van der Waals surface area contributed by atoms with E-state index in [1.807, 2.05) is 22.6 Å². The Balaban J connectivity index is 3.07. The van der Waals surface area contributed by atoms with Crippen LogP contribution >= 0.6 is 22.6 Å². The summed E-state index contributed by atoms with van der Waals surface area (Å²) in [6, 6.07) is 4.75. The Morgan fingerprint density at radius 1 is 1.41 bits per heavy atom. The van der Waals surface area contributed by atoms with Gasteiger partial charge in [-0.1, -0.05) is 0 Å². The van der Waals surface area contributed by atoms with Gasteiger partial charge in [-0.2, -0.15) is 0 Å². The first-order valence-corrected chi connectivity index (χ1v) is 5.93. The predicted molar refractivity (Wildman–Crippen MR) is 73.0 cm³/mol. The van der Waals surface area contributed by atoms with Crippen LogP contribution < -0.4 is 11.1 Å². The number of benzene rings is 1. The van der Waals surface area contributed by atoms with Crippen LogP contribution in [0.5, 0.6) is 0 Å². The average molecular weight is 348 g/mol. The summed E-state index contributed by atoms with van der Waals surface area (Å²) >= 11 is 2.00. The van der Waals surface area contributed by atoms with Gasteiger partial charge in [0.15, 0.2) is 0 Å². The molecule has 6 heteroatoms. The van der Waals surface area contributed by atoms with Crippen molar-refractivity contribution in [3.05, 3.63) is 27.3 Å². The molecule has 0 aliphatic heterocycles. The van der Waals surface area contributed by atoms with Gasteiger partial charge in [-0.05, 0) is 54.6 Å². The highest BCUT2D eigenvalue weighted by atomic mass is 127. The van der Waals surface area contributed by atoms with Gasteiger partial charge in [-0.3, -0.25) is 4.79 Å². The maximum atomic E-state index is 11.7. The Bertz CT molecular complexity index is 466. The summed E-state index contributed by atoms with van der Waals surface area (Å²) in [6.45, 7) is 3.10. The van der Waals surface area contributed by atoms with Crippen LogP contribution in [0.4, 0.5) is 5.69 Å². The molecule has 0 aromatic heterocycles. The molecule has 0 saturated carbocycles. The first-order valence-electron chi connectivity index (χ1n) is 4.85. The molecule has 0 spiro atoms. The Kier molecular flexibility index (Phi) is 4.10. The predicted octanol–water partition coefficient (Wildman–Crippen LogP) is 1.67. The second-order valence-electron chi connectivity index (χ2n) is 4.17. The number of carboxylic acids is 1. The number of nitrogens with two attached hydrogens (primary N) is 1. The number of hydrogen-bond acceptors (Lipinski definition) is 3. The third-order valence-corrected chi connectivity index (χ3v) is 2.72. The number of nitrogens with one attached hydrogen (secondary N) is 1. The topological polar surface area (TPSA) is 92.4 Å². The van der Waals surface area contributed by atoms with Crippen molar-refractivity contribution in [3.63, 3.8) is 0 Å².